The number of halogens is 6. The van der Waals surface area contributed by atoms with E-state index in [0.717, 1.165) is 12.1 Å². The highest BCUT2D eigenvalue weighted by atomic mass is 19.4. The van der Waals surface area contributed by atoms with Crippen LogP contribution in [0.15, 0.2) is 48.5 Å². The minimum absolute atomic E-state index is 0.0670. The molecule has 1 heterocycles. The molecule has 0 radical (unpaired) electrons. The van der Waals surface area contributed by atoms with Crippen LogP contribution in [0.2, 0.25) is 0 Å². The molecule has 4 rings (SSSR count). The Labute approximate surface area is 208 Å². The Balaban J connectivity index is 1.63. The predicted octanol–water partition coefficient (Wildman–Crippen LogP) is 6.19. The lowest BCUT2D eigenvalue weighted by atomic mass is 9.86. The summed E-state index contributed by atoms with van der Waals surface area (Å²) in [5.41, 5.74) is -0.717. The fraction of sp³-hybridized carbons (Fsp3) is 0.259. The van der Waals surface area contributed by atoms with E-state index in [1.54, 1.807) is 26.0 Å². The highest BCUT2D eigenvalue weighted by Gasteiger charge is 2.44. The van der Waals surface area contributed by atoms with Crippen molar-refractivity contribution in [1.29, 1.82) is 0 Å². The molecule has 37 heavy (non-hydrogen) atoms. The molecule has 10 heteroatoms. The molecule has 2 amide bonds. The van der Waals surface area contributed by atoms with Gasteiger partial charge in [0.1, 0.15) is 17.5 Å². The van der Waals surface area contributed by atoms with Gasteiger partial charge in [0.15, 0.2) is 0 Å². The first-order valence-corrected chi connectivity index (χ1v) is 11.2. The Morgan fingerprint density at radius 1 is 0.973 bits per heavy atom. The van der Waals surface area contributed by atoms with Gasteiger partial charge in [-0.05, 0) is 56.2 Å². The number of rotatable bonds is 5. The summed E-state index contributed by atoms with van der Waals surface area (Å²) in [5, 5.41) is 2.37. The zero-order valence-corrected chi connectivity index (χ0v) is 20.1. The maximum Gasteiger partial charge on any atom is 0.416 e. The van der Waals surface area contributed by atoms with Gasteiger partial charge in [-0.1, -0.05) is 17.7 Å². The molecular formula is C27H22F6N2O2. The highest BCUT2D eigenvalue weighted by Crippen LogP contribution is 2.43. The van der Waals surface area contributed by atoms with Crippen molar-refractivity contribution in [2.24, 2.45) is 0 Å². The van der Waals surface area contributed by atoms with Crippen molar-refractivity contribution >= 4 is 17.5 Å². The van der Waals surface area contributed by atoms with E-state index in [9.17, 15) is 35.9 Å². The van der Waals surface area contributed by atoms with Crippen molar-refractivity contribution < 1.29 is 35.9 Å². The third-order valence-corrected chi connectivity index (χ3v) is 6.34. The van der Waals surface area contributed by atoms with Gasteiger partial charge in [-0.15, -0.1) is 0 Å². The minimum Gasteiger partial charge on any atom is -0.348 e. The first-order chi connectivity index (χ1) is 17.2. The molecule has 0 fully saturated rings. The summed E-state index contributed by atoms with van der Waals surface area (Å²) < 4.78 is 80.9. The van der Waals surface area contributed by atoms with Crippen molar-refractivity contribution in [3.8, 4) is 0 Å². The summed E-state index contributed by atoms with van der Waals surface area (Å²) in [6.07, 6.45) is -4.55. The number of carbonyl (C=O) groups is 2. The van der Waals surface area contributed by atoms with E-state index in [-0.39, 0.29) is 23.6 Å². The van der Waals surface area contributed by atoms with Crippen molar-refractivity contribution in [3.63, 3.8) is 0 Å². The van der Waals surface area contributed by atoms with Crippen LogP contribution >= 0.6 is 0 Å². The van der Waals surface area contributed by atoms with Gasteiger partial charge in [0.05, 0.1) is 17.5 Å². The van der Waals surface area contributed by atoms with Crippen LogP contribution in [0.1, 0.15) is 52.0 Å². The molecule has 0 saturated heterocycles. The van der Waals surface area contributed by atoms with E-state index in [4.69, 9.17) is 0 Å². The Morgan fingerprint density at radius 3 is 2.24 bits per heavy atom. The number of hydrogen-bond acceptors (Lipinski definition) is 2. The van der Waals surface area contributed by atoms with Crippen LogP contribution in [0.25, 0.3) is 0 Å². The number of nitrogens with one attached hydrogen (secondary N) is 1. The van der Waals surface area contributed by atoms with Gasteiger partial charge >= 0.3 is 6.18 Å². The number of nitrogens with zero attached hydrogens (tertiary/aromatic N) is 1. The smallest absolute Gasteiger partial charge is 0.348 e. The summed E-state index contributed by atoms with van der Waals surface area (Å²) >= 11 is 0. The second-order valence-corrected chi connectivity index (χ2v) is 9.48. The third-order valence-electron chi connectivity index (χ3n) is 6.34. The third kappa shape index (κ3) is 5.05. The number of benzene rings is 3. The molecule has 4 nitrogen and oxygen atoms in total. The van der Waals surface area contributed by atoms with Crippen molar-refractivity contribution in [1.82, 2.24) is 5.32 Å². The molecule has 0 spiro atoms. The standard InChI is InChI=1S/C27H22F6N2O2/c1-14-6-15(8-17(7-14)27(31,32)33)13-35-23-9-16(4-5-20(23)26(2,3)25(35)37)24(36)34-12-19-21(29)10-18(28)11-22(19)30/h4-11H,12-13H2,1-3H3,(H,34,36). The van der Waals surface area contributed by atoms with E-state index >= 15 is 0 Å². The molecule has 3 aromatic carbocycles. The quantitative estimate of drug-likeness (QED) is 0.408. The second kappa shape index (κ2) is 9.24. The van der Waals surface area contributed by atoms with Gasteiger partial charge < -0.3 is 10.2 Å². The van der Waals surface area contributed by atoms with Crippen LogP contribution in [0.5, 0.6) is 0 Å². The van der Waals surface area contributed by atoms with E-state index in [2.05, 4.69) is 5.32 Å². The number of hydrogen-bond donors (Lipinski definition) is 1. The summed E-state index contributed by atoms with van der Waals surface area (Å²) in [5.74, 6) is -4.46. The van der Waals surface area contributed by atoms with Crippen LogP contribution < -0.4 is 10.2 Å². The Bertz CT molecular complexity index is 1390. The molecule has 0 atom stereocenters. The first-order valence-electron chi connectivity index (χ1n) is 11.2. The van der Waals surface area contributed by atoms with Gasteiger partial charge in [0, 0.05) is 35.5 Å². The summed E-state index contributed by atoms with van der Waals surface area (Å²) in [6, 6.07) is 8.97. The topological polar surface area (TPSA) is 49.4 Å². The van der Waals surface area contributed by atoms with E-state index in [1.165, 1.54) is 24.0 Å². The maximum absolute atomic E-state index is 13.9. The second-order valence-electron chi connectivity index (χ2n) is 9.48. The van der Waals surface area contributed by atoms with Crippen molar-refractivity contribution in [2.45, 2.75) is 45.5 Å². The predicted molar refractivity (Wildman–Crippen MR) is 124 cm³/mol. The number of aryl methyl sites for hydroxylation is 1. The lowest BCUT2D eigenvalue weighted by Gasteiger charge is -2.21. The van der Waals surface area contributed by atoms with Gasteiger partial charge in [-0.3, -0.25) is 9.59 Å². The van der Waals surface area contributed by atoms with Gasteiger partial charge in [0.25, 0.3) is 5.91 Å². The molecule has 0 unspecified atom stereocenters. The number of amides is 2. The highest BCUT2D eigenvalue weighted by molar-refractivity contribution is 6.09. The monoisotopic (exact) mass is 520 g/mol. The normalized spacial score (nSPS) is 14.6. The zero-order valence-electron chi connectivity index (χ0n) is 20.1. The average Bonchev–Trinajstić information content (AvgIpc) is 2.97. The van der Waals surface area contributed by atoms with E-state index in [0.29, 0.717) is 28.9 Å². The van der Waals surface area contributed by atoms with Crippen molar-refractivity contribution in [3.05, 3.63) is 99.4 Å². The van der Waals surface area contributed by atoms with E-state index < -0.39 is 52.6 Å². The van der Waals surface area contributed by atoms with Gasteiger partial charge in [-0.2, -0.15) is 13.2 Å². The maximum atomic E-state index is 13.9. The Hall–Kier alpha value is -3.82. The summed E-state index contributed by atoms with van der Waals surface area (Å²) in [4.78, 5) is 27.3. The molecular weight excluding hydrogens is 498 g/mol. The molecule has 1 aliphatic heterocycles. The molecule has 1 aliphatic rings. The minimum atomic E-state index is -4.55. The fourth-order valence-electron chi connectivity index (χ4n) is 4.46. The van der Waals surface area contributed by atoms with Crippen molar-refractivity contribution in [2.75, 3.05) is 4.90 Å². The van der Waals surface area contributed by atoms with Crippen LogP contribution in [0.4, 0.5) is 32.0 Å². The first kappa shape index (κ1) is 26.2. The van der Waals surface area contributed by atoms with Gasteiger partial charge in [-0.25, -0.2) is 13.2 Å². The molecule has 0 saturated carbocycles. The molecule has 194 valence electrons. The molecule has 3 aromatic rings. The van der Waals surface area contributed by atoms with E-state index in [1.807, 2.05) is 0 Å². The summed E-state index contributed by atoms with van der Waals surface area (Å²) in [6.45, 7) is 4.16. The average molecular weight is 520 g/mol. The number of anilines is 1. The fourth-order valence-corrected chi connectivity index (χ4v) is 4.46. The molecule has 0 aromatic heterocycles. The van der Waals surface area contributed by atoms with Crippen LogP contribution in [0.3, 0.4) is 0 Å². The molecule has 1 N–H and O–H groups in total. The lowest BCUT2D eigenvalue weighted by Crippen LogP contribution is -2.35. The SMILES string of the molecule is Cc1cc(CN2C(=O)C(C)(C)c3ccc(C(=O)NCc4c(F)cc(F)cc4F)cc32)cc(C(F)(F)F)c1. The number of carbonyl (C=O) groups excluding carboxylic acids is 2. The Kier molecular flexibility index (Phi) is 6.56. The Morgan fingerprint density at radius 2 is 1.62 bits per heavy atom. The lowest BCUT2D eigenvalue weighted by molar-refractivity contribution is -0.137. The number of alkyl halides is 3. The molecule has 0 aliphatic carbocycles. The zero-order chi connectivity index (χ0) is 27.3. The summed E-state index contributed by atoms with van der Waals surface area (Å²) in [7, 11) is 0. The number of fused-ring (bicyclic) bond motifs is 1. The molecule has 0 bridgehead atoms. The van der Waals surface area contributed by atoms with Gasteiger partial charge in [0.2, 0.25) is 5.91 Å². The van der Waals surface area contributed by atoms with Crippen LogP contribution in [-0.4, -0.2) is 11.8 Å². The largest absolute Gasteiger partial charge is 0.416 e. The van der Waals surface area contributed by atoms with Crippen LogP contribution in [0, 0.1) is 24.4 Å². The van der Waals surface area contributed by atoms with Crippen LogP contribution in [-0.2, 0) is 29.5 Å².